The molecule has 0 saturated carbocycles. The zero-order valence-electron chi connectivity index (χ0n) is 11.1. The van der Waals surface area contributed by atoms with Crippen molar-refractivity contribution in [3.05, 3.63) is 48.0 Å². The van der Waals surface area contributed by atoms with E-state index >= 15 is 0 Å². The fourth-order valence-corrected chi connectivity index (χ4v) is 2.01. The molecule has 1 aromatic rings. The first-order valence-electron chi connectivity index (χ1n) is 6.09. The molecule has 0 heterocycles. The van der Waals surface area contributed by atoms with Crippen LogP contribution in [0.2, 0.25) is 0 Å². The third-order valence-corrected chi connectivity index (χ3v) is 3.41. The third kappa shape index (κ3) is 2.93. The van der Waals surface area contributed by atoms with Crippen LogP contribution in [-0.4, -0.2) is 27.9 Å². The molecular weight excluding hydrogens is 260 g/mol. The second kappa shape index (κ2) is 6.14. The van der Waals surface area contributed by atoms with Crippen molar-refractivity contribution in [1.82, 2.24) is 0 Å². The van der Waals surface area contributed by atoms with Crippen LogP contribution in [-0.2, 0) is 9.59 Å². The van der Waals surface area contributed by atoms with Crippen molar-refractivity contribution in [2.45, 2.75) is 19.8 Å². The molecular formula is C15H16O5. The zero-order chi connectivity index (χ0) is 15.3. The number of carboxylic acid groups (broad SMARTS) is 2. The lowest BCUT2D eigenvalue weighted by atomic mass is 9.73. The van der Waals surface area contributed by atoms with Crippen molar-refractivity contribution in [3.8, 4) is 0 Å². The lowest BCUT2D eigenvalue weighted by Gasteiger charge is -2.27. The first-order chi connectivity index (χ1) is 9.35. The third-order valence-electron chi connectivity index (χ3n) is 3.41. The van der Waals surface area contributed by atoms with Crippen molar-refractivity contribution >= 4 is 17.7 Å². The van der Waals surface area contributed by atoms with Crippen LogP contribution in [0.3, 0.4) is 0 Å². The van der Waals surface area contributed by atoms with Gasteiger partial charge in [-0.1, -0.05) is 43.8 Å². The predicted molar refractivity (Wildman–Crippen MR) is 72.5 cm³/mol. The molecule has 0 amide bonds. The van der Waals surface area contributed by atoms with E-state index in [4.69, 9.17) is 5.11 Å². The molecule has 2 N–H and O–H groups in total. The van der Waals surface area contributed by atoms with Crippen LogP contribution in [0.15, 0.2) is 42.5 Å². The molecule has 20 heavy (non-hydrogen) atoms. The van der Waals surface area contributed by atoms with Crippen LogP contribution in [0, 0.1) is 5.41 Å². The second-order valence-electron chi connectivity index (χ2n) is 4.49. The van der Waals surface area contributed by atoms with Crippen LogP contribution < -0.4 is 0 Å². The minimum Gasteiger partial charge on any atom is -0.481 e. The average molecular weight is 276 g/mol. The van der Waals surface area contributed by atoms with E-state index in [2.05, 4.69) is 6.58 Å². The number of carbonyl (C=O) groups excluding carboxylic acids is 1. The first-order valence-corrected chi connectivity index (χ1v) is 6.09. The summed E-state index contributed by atoms with van der Waals surface area (Å²) in [6.07, 6.45) is -0.444. The summed E-state index contributed by atoms with van der Waals surface area (Å²) in [6.45, 7) is 4.86. The SMILES string of the molecule is C=C(C(=O)O)C(CC)(CC(=O)c1ccccc1)C(=O)O. The van der Waals surface area contributed by atoms with Gasteiger partial charge in [-0.25, -0.2) is 4.79 Å². The summed E-state index contributed by atoms with van der Waals surface area (Å²) in [4.78, 5) is 34.7. The van der Waals surface area contributed by atoms with Crippen LogP contribution in [0.1, 0.15) is 30.1 Å². The van der Waals surface area contributed by atoms with Gasteiger partial charge in [0.05, 0.1) is 0 Å². The molecule has 1 rings (SSSR count). The summed E-state index contributed by atoms with van der Waals surface area (Å²) in [5.41, 5.74) is -1.90. The number of hydrogen-bond donors (Lipinski definition) is 2. The maximum atomic E-state index is 12.2. The Hall–Kier alpha value is -2.43. The first kappa shape index (κ1) is 15.6. The largest absolute Gasteiger partial charge is 0.481 e. The molecule has 0 saturated heterocycles. The number of rotatable bonds is 7. The maximum absolute atomic E-state index is 12.2. The number of Topliss-reactive ketones (excluding diaryl/α,β-unsaturated/α-hetero) is 1. The minimum atomic E-state index is -1.78. The Morgan fingerprint density at radius 2 is 1.70 bits per heavy atom. The molecule has 0 aliphatic rings. The molecule has 1 unspecified atom stereocenters. The smallest absolute Gasteiger partial charge is 0.332 e. The van der Waals surface area contributed by atoms with E-state index in [0.29, 0.717) is 5.56 Å². The molecule has 0 spiro atoms. The summed E-state index contributed by atoms with van der Waals surface area (Å²) in [5.74, 6) is -3.18. The highest BCUT2D eigenvalue weighted by Crippen LogP contribution is 2.36. The number of benzene rings is 1. The van der Waals surface area contributed by atoms with E-state index in [1.54, 1.807) is 30.3 Å². The van der Waals surface area contributed by atoms with Crippen LogP contribution in [0.4, 0.5) is 0 Å². The summed E-state index contributed by atoms with van der Waals surface area (Å²) in [6, 6.07) is 8.18. The summed E-state index contributed by atoms with van der Waals surface area (Å²) in [5, 5.41) is 18.4. The van der Waals surface area contributed by atoms with E-state index in [1.165, 1.54) is 6.92 Å². The number of hydrogen-bond acceptors (Lipinski definition) is 3. The number of carbonyl (C=O) groups is 3. The summed E-state index contributed by atoms with van der Waals surface area (Å²) in [7, 11) is 0. The quantitative estimate of drug-likeness (QED) is 0.589. The van der Waals surface area contributed by atoms with Gasteiger partial charge in [0.2, 0.25) is 0 Å². The fourth-order valence-electron chi connectivity index (χ4n) is 2.01. The topological polar surface area (TPSA) is 91.7 Å². The van der Waals surface area contributed by atoms with Crippen molar-refractivity contribution in [1.29, 1.82) is 0 Å². The van der Waals surface area contributed by atoms with Gasteiger partial charge < -0.3 is 10.2 Å². The highest BCUT2D eigenvalue weighted by atomic mass is 16.4. The zero-order valence-corrected chi connectivity index (χ0v) is 11.1. The van der Waals surface area contributed by atoms with Gasteiger partial charge in [0.15, 0.2) is 5.78 Å². The molecule has 0 bridgehead atoms. The predicted octanol–water partition coefficient (Wildman–Crippen LogP) is 2.38. The van der Waals surface area contributed by atoms with Gasteiger partial charge in [0.25, 0.3) is 0 Å². The van der Waals surface area contributed by atoms with Gasteiger partial charge in [0, 0.05) is 17.6 Å². The molecule has 0 aliphatic heterocycles. The lowest BCUT2D eigenvalue weighted by molar-refractivity contribution is -0.150. The fraction of sp³-hybridized carbons (Fsp3) is 0.267. The Morgan fingerprint density at radius 1 is 1.15 bits per heavy atom. The molecule has 0 aromatic heterocycles. The Morgan fingerprint density at radius 3 is 2.10 bits per heavy atom. The van der Waals surface area contributed by atoms with E-state index in [9.17, 15) is 19.5 Å². The van der Waals surface area contributed by atoms with Gasteiger partial charge >= 0.3 is 11.9 Å². The molecule has 1 aromatic carbocycles. The van der Waals surface area contributed by atoms with Gasteiger partial charge in [-0.15, -0.1) is 0 Å². The Kier molecular flexibility index (Phi) is 4.80. The van der Waals surface area contributed by atoms with Gasteiger partial charge in [0.1, 0.15) is 5.41 Å². The van der Waals surface area contributed by atoms with E-state index < -0.39 is 35.1 Å². The highest BCUT2D eigenvalue weighted by molar-refractivity contribution is 6.03. The van der Waals surface area contributed by atoms with Gasteiger partial charge in [-0.05, 0) is 6.42 Å². The Balaban J connectivity index is 3.14. The number of aliphatic carboxylic acids is 2. The molecule has 5 heteroatoms. The molecule has 5 nitrogen and oxygen atoms in total. The van der Waals surface area contributed by atoms with E-state index in [0.717, 1.165) is 0 Å². The summed E-state index contributed by atoms with van der Waals surface area (Å²) < 4.78 is 0. The summed E-state index contributed by atoms with van der Waals surface area (Å²) >= 11 is 0. The van der Waals surface area contributed by atoms with Crippen molar-refractivity contribution in [2.24, 2.45) is 5.41 Å². The van der Waals surface area contributed by atoms with Gasteiger partial charge in [-0.2, -0.15) is 0 Å². The lowest BCUT2D eigenvalue weighted by Crippen LogP contribution is -2.37. The van der Waals surface area contributed by atoms with Crippen LogP contribution >= 0.6 is 0 Å². The van der Waals surface area contributed by atoms with Crippen molar-refractivity contribution < 1.29 is 24.6 Å². The minimum absolute atomic E-state index is 0.0218. The second-order valence-corrected chi connectivity index (χ2v) is 4.49. The highest BCUT2D eigenvalue weighted by Gasteiger charge is 2.44. The Bertz CT molecular complexity index is 547. The monoisotopic (exact) mass is 276 g/mol. The standard InChI is InChI=1S/C15H16O5/c1-3-15(14(19)20,10(2)13(17)18)9-12(16)11-7-5-4-6-8-11/h4-8H,2-3,9H2,1H3,(H,17,18)(H,19,20). The molecule has 106 valence electrons. The van der Waals surface area contributed by atoms with Crippen molar-refractivity contribution in [3.63, 3.8) is 0 Å². The number of ketones is 1. The normalized spacial score (nSPS) is 13.2. The molecule has 0 radical (unpaired) electrons. The van der Waals surface area contributed by atoms with Crippen LogP contribution in [0.25, 0.3) is 0 Å². The number of carboxylic acids is 2. The van der Waals surface area contributed by atoms with E-state index in [-0.39, 0.29) is 6.42 Å². The molecule has 0 fully saturated rings. The molecule has 0 aliphatic carbocycles. The maximum Gasteiger partial charge on any atom is 0.332 e. The van der Waals surface area contributed by atoms with Crippen molar-refractivity contribution in [2.75, 3.05) is 0 Å². The Labute approximate surface area is 116 Å². The average Bonchev–Trinajstić information content (AvgIpc) is 2.44. The van der Waals surface area contributed by atoms with Gasteiger partial charge in [-0.3, -0.25) is 9.59 Å². The van der Waals surface area contributed by atoms with E-state index in [1.807, 2.05) is 0 Å². The van der Waals surface area contributed by atoms with Crippen LogP contribution in [0.5, 0.6) is 0 Å². The molecule has 1 atom stereocenters.